The molecule has 1 saturated heterocycles. The van der Waals surface area contributed by atoms with E-state index in [1.807, 2.05) is 22.0 Å². The summed E-state index contributed by atoms with van der Waals surface area (Å²) >= 11 is 3.23. The van der Waals surface area contributed by atoms with Crippen LogP contribution >= 0.6 is 23.1 Å². The first-order valence-electron chi connectivity index (χ1n) is 7.44. The first kappa shape index (κ1) is 14.8. The normalized spacial score (nSPS) is 22.0. The molecule has 0 amide bonds. The zero-order valence-corrected chi connectivity index (χ0v) is 14.2. The smallest absolute Gasteiger partial charge is 0.358 e. The van der Waals surface area contributed by atoms with Gasteiger partial charge in [-0.25, -0.2) is 0 Å². The summed E-state index contributed by atoms with van der Waals surface area (Å²) < 4.78 is 1.56. The molecule has 2 aliphatic rings. The Hall–Kier alpha value is -1.81. The minimum Gasteiger partial charge on any atom is -0.358 e. The van der Waals surface area contributed by atoms with Crippen molar-refractivity contribution in [2.24, 2.45) is 4.99 Å². The van der Waals surface area contributed by atoms with Gasteiger partial charge >= 0.3 is 5.82 Å². The zero-order chi connectivity index (χ0) is 16.0. The van der Waals surface area contributed by atoms with Crippen molar-refractivity contribution in [2.45, 2.75) is 12.2 Å². The molecule has 23 heavy (non-hydrogen) atoms. The number of aromatic nitrogens is 2. The van der Waals surface area contributed by atoms with E-state index in [0.29, 0.717) is 16.0 Å². The van der Waals surface area contributed by atoms with Gasteiger partial charge in [0.1, 0.15) is 6.20 Å². The van der Waals surface area contributed by atoms with Gasteiger partial charge in [0.2, 0.25) is 5.82 Å². The number of amidine groups is 1. The van der Waals surface area contributed by atoms with Gasteiger partial charge in [-0.05, 0) is 4.92 Å². The molecular weight excluding hydrogens is 336 g/mol. The molecule has 1 fully saturated rings. The molecule has 0 bridgehead atoms. The average Bonchev–Trinajstić information content (AvgIpc) is 3.21. The maximum atomic E-state index is 11.4. The largest absolute Gasteiger partial charge is 0.373 e. The summed E-state index contributed by atoms with van der Waals surface area (Å²) in [4.78, 5) is 25.1. The number of thiazole rings is 1. The van der Waals surface area contributed by atoms with Crippen LogP contribution in [0.2, 0.25) is 0 Å². The van der Waals surface area contributed by atoms with Gasteiger partial charge in [0, 0.05) is 36.8 Å². The SMILES string of the molecule is CC1CN=C(N2CCN(c3nc4sccn4c3[N+](=O)[O-])CC2)S1. The molecule has 0 N–H and O–H groups in total. The van der Waals surface area contributed by atoms with Crippen LogP contribution in [0.15, 0.2) is 16.6 Å². The van der Waals surface area contributed by atoms with Crippen LogP contribution in [0.25, 0.3) is 4.96 Å². The van der Waals surface area contributed by atoms with Gasteiger partial charge in [-0.2, -0.15) is 9.38 Å². The number of aliphatic imine (C=N–C) groups is 1. The number of fused-ring (bicyclic) bond motifs is 1. The van der Waals surface area contributed by atoms with E-state index in [4.69, 9.17) is 0 Å². The number of nitro groups is 1. The van der Waals surface area contributed by atoms with Gasteiger partial charge in [-0.1, -0.05) is 30.0 Å². The summed E-state index contributed by atoms with van der Waals surface area (Å²) in [6.07, 6.45) is 1.70. The minimum absolute atomic E-state index is 0.0657. The topological polar surface area (TPSA) is 79.3 Å². The first-order chi connectivity index (χ1) is 11.1. The molecule has 122 valence electrons. The Bertz CT molecular complexity index is 777. The molecule has 0 aromatic carbocycles. The summed E-state index contributed by atoms with van der Waals surface area (Å²) in [6, 6.07) is 0. The lowest BCUT2D eigenvalue weighted by Gasteiger charge is -2.35. The molecule has 8 nitrogen and oxygen atoms in total. The maximum absolute atomic E-state index is 11.4. The summed E-state index contributed by atoms with van der Waals surface area (Å²) in [5, 5.41) is 14.9. The molecule has 0 saturated carbocycles. The highest BCUT2D eigenvalue weighted by Gasteiger charge is 2.31. The third-order valence-corrected chi connectivity index (χ3v) is 5.94. The van der Waals surface area contributed by atoms with Gasteiger partial charge < -0.3 is 19.9 Å². The number of hydrogen-bond acceptors (Lipinski definition) is 8. The number of nitrogens with zero attached hydrogens (tertiary/aromatic N) is 6. The fourth-order valence-electron chi connectivity index (χ4n) is 2.89. The van der Waals surface area contributed by atoms with Crippen molar-refractivity contribution < 1.29 is 4.92 Å². The van der Waals surface area contributed by atoms with Crippen LogP contribution in [0.4, 0.5) is 11.6 Å². The van der Waals surface area contributed by atoms with E-state index in [1.54, 1.807) is 10.6 Å². The molecule has 4 heterocycles. The van der Waals surface area contributed by atoms with Gasteiger partial charge in [-0.3, -0.25) is 4.99 Å². The van der Waals surface area contributed by atoms with E-state index in [1.165, 1.54) is 11.3 Å². The van der Waals surface area contributed by atoms with E-state index in [0.717, 1.165) is 37.9 Å². The predicted octanol–water partition coefficient (Wildman–Crippen LogP) is 1.92. The van der Waals surface area contributed by atoms with Crippen LogP contribution in [0.1, 0.15) is 6.92 Å². The Morgan fingerprint density at radius 1 is 1.30 bits per heavy atom. The fourth-order valence-corrected chi connectivity index (χ4v) is 4.58. The molecule has 2 aliphatic heterocycles. The van der Waals surface area contributed by atoms with Crippen LogP contribution in [-0.4, -0.2) is 62.3 Å². The van der Waals surface area contributed by atoms with Crippen molar-refractivity contribution in [1.82, 2.24) is 14.3 Å². The quantitative estimate of drug-likeness (QED) is 0.607. The van der Waals surface area contributed by atoms with Crippen molar-refractivity contribution in [3.63, 3.8) is 0 Å². The van der Waals surface area contributed by atoms with Gasteiger partial charge in [0.05, 0.1) is 6.54 Å². The van der Waals surface area contributed by atoms with E-state index in [2.05, 4.69) is 21.8 Å². The standard InChI is InChI=1S/C13H16N6O2S2/c1-9-8-14-12(23-9)17-4-2-16(3-5-17)10-11(19(20)21)18-6-7-22-13(18)15-10/h6-7,9H,2-5,8H2,1H3. The van der Waals surface area contributed by atoms with Gasteiger partial charge in [-0.15, -0.1) is 0 Å². The molecule has 1 unspecified atom stereocenters. The Balaban J connectivity index is 1.53. The fraction of sp³-hybridized carbons (Fsp3) is 0.538. The number of imidazole rings is 1. The van der Waals surface area contributed by atoms with Crippen molar-refractivity contribution in [2.75, 3.05) is 37.6 Å². The molecule has 0 aliphatic carbocycles. The van der Waals surface area contributed by atoms with Crippen molar-refractivity contribution in [3.05, 3.63) is 21.7 Å². The highest BCUT2D eigenvalue weighted by Crippen LogP contribution is 2.32. The third kappa shape index (κ3) is 2.55. The second kappa shape index (κ2) is 5.68. The van der Waals surface area contributed by atoms with Crippen molar-refractivity contribution in [1.29, 1.82) is 0 Å². The summed E-state index contributed by atoms with van der Waals surface area (Å²) in [5.74, 6) is 0.548. The predicted molar refractivity (Wildman–Crippen MR) is 92.9 cm³/mol. The number of thioether (sulfide) groups is 1. The Morgan fingerprint density at radius 3 is 2.70 bits per heavy atom. The lowest BCUT2D eigenvalue weighted by Crippen LogP contribution is -2.48. The second-order valence-electron chi connectivity index (χ2n) is 5.60. The van der Waals surface area contributed by atoms with Crippen LogP contribution in [0.5, 0.6) is 0 Å². The van der Waals surface area contributed by atoms with Gasteiger partial charge in [0.25, 0.3) is 4.96 Å². The van der Waals surface area contributed by atoms with E-state index >= 15 is 0 Å². The molecule has 0 spiro atoms. The first-order valence-corrected chi connectivity index (χ1v) is 9.20. The Kier molecular flexibility index (Phi) is 3.64. The van der Waals surface area contributed by atoms with E-state index in [9.17, 15) is 10.1 Å². The summed E-state index contributed by atoms with van der Waals surface area (Å²) in [6.45, 7) is 6.14. The molecular formula is C13H16N6O2S2. The van der Waals surface area contributed by atoms with Crippen LogP contribution in [0.3, 0.4) is 0 Å². The molecule has 0 radical (unpaired) electrons. The minimum atomic E-state index is -0.340. The molecule has 1 atom stereocenters. The highest BCUT2D eigenvalue weighted by atomic mass is 32.2. The van der Waals surface area contributed by atoms with Gasteiger partial charge in [0.15, 0.2) is 5.17 Å². The third-order valence-electron chi connectivity index (χ3n) is 4.03. The second-order valence-corrected chi connectivity index (χ2v) is 7.88. The average molecular weight is 352 g/mol. The van der Waals surface area contributed by atoms with Crippen molar-refractivity contribution in [3.8, 4) is 0 Å². The summed E-state index contributed by atoms with van der Waals surface area (Å²) in [5.41, 5.74) is 0. The lowest BCUT2D eigenvalue weighted by molar-refractivity contribution is -0.389. The number of hydrogen-bond donors (Lipinski definition) is 0. The van der Waals surface area contributed by atoms with Crippen molar-refractivity contribution >= 4 is 44.9 Å². The number of rotatable bonds is 2. The molecule has 4 rings (SSSR count). The Labute approximate surface area is 141 Å². The van der Waals surface area contributed by atoms with E-state index in [-0.39, 0.29) is 10.7 Å². The molecule has 2 aromatic heterocycles. The van der Waals surface area contributed by atoms with E-state index < -0.39 is 0 Å². The van der Waals surface area contributed by atoms with Crippen LogP contribution < -0.4 is 4.90 Å². The summed E-state index contributed by atoms with van der Waals surface area (Å²) in [7, 11) is 0. The molecule has 2 aromatic rings. The Morgan fingerprint density at radius 2 is 2.04 bits per heavy atom. The highest BCUT2D eigenvalue weighted by molar-refractivity contribution is 8.14. The van der Waals surface area contributed by atoms with Crippen LogP contribution in [-0.2, 0) is 0 Å². The zero-order valence-electron chi connectivity index (χ0n) is 12.6. The number of anilines is 1. The van der Waals surface area contributed by atoms with Crippen LogP contribution in [0, 0.1) is 10.1 Å². The molecule has 10 heteroatoms. The lowest BCUT2D eigenvalue weighted by atomic mass is 10.3. The monoisotopic (exact) mass is 352 g/mol. The number of piperazine rings is 1. The maximum Gasteiger partial charge on any atom is 0.373 e.